The minimum absolute atomic E-state index is 0.185. The standard InChI is InChI=1S/C7H10N2O4/c1-3-13-6(11)4-5(10)8-7(12)9(4)2/h4H,3H2,1-2H3,(H,8,10,12)/t4-/m1/s1. The SMILES string of the molecule is CCOC(=O)[C@H]1C(=O)NC(=O)N1C. The normalized spacial score (nSPS) is 21.7. The van der Waals surface area contributed by atoms with Gasteiger partial charge in [-0.05, 0) is 6.92 Å². The molecule has 0 radical (unpaired) electrons. The molecule has 1 saturated heterocycles. The highest BCUT2D eigenvalue weighted by Crippen LogP contribution is 2.06. The van der Waals surface area contributed by atoms with E-state index in [0.717, 1.165) is 4.90 Å². The maximum atomic E-state index is 11.1. The van der Waals surface area contributed by atoms with Gasteiger partial charge in [-0.3, -0.25) is 10.1 Å². The van der Waals surface area contributed by atoms with E-state index < -0.39 is 23.9 Å². The molecule has 72 valence electrons. The van der Waals surface area contributed by atoms with Gasteiger partial charge in [0.15, 0.2) is 0 Å². The molecule has 0 aromatic rings. The maximum absolute atomic E-state index is 11.1. The summed E-state index contributed by atoms with van der Waals surface area (Å²) in [6.07, 6.45) is 0. The molecular formula is C7H10N2O4. The number of carbonyl (C=O) groups excluding carboxylic acids is 3. The average molecular weight is 186 g/mol. The van der Waals surface area contributed by atoms with Gasteiger partial charge < -0.3 is 9.64 Å². The lowest BCUT2D eigenvalue weighted by Gasteiger charge is -2.13. The van der Waals surface area contributed by atoms with E-state index in [1.807, 2.05) is 5.32 Å². The first kappa shape index (κ1) is 9.50. The summed E-state index contributed by atoms with van der Waals surface area (Å²) in [5.41, 5.74) is 0. The Labute approximate surface area is 74.8 Å². The third kappa shape index (κ3) is 1.61. The molecule has 0 bridgehead atoms. The van der Waals surface area contributed by atoms with Gasteiger partial charge >= 0.3 is 12.0 Å². The number of hydrogen-bond donors (Lipinski definition) is 1. The molecule has 0 aromatic carbocycles. The summed E-state index contributed by atoms with van der Waals surface area (Å²) < 4.78 is 4.62. The van der Waals surface area contributed by atoms with Crippen molar-refractivity contribution in [3.63, 3.8) is 0 Å². The first-order valence-electron chi connectivity index (χ1n) is 3.82. The summed E-state index contributed by atoms with van der Waals surface area (Å²) in [5.74, 6) is -1.33. The molecule has 1 rings (SSSR count). The van der Waals surface area contributed by atoms with Crippen molar-refractivity contribution in [2.24, 2.45) is 0 Å². The number of nitrogens with one attached hydrogen (secondary N) is 1. The molecule has 0 spiro atoms. The van der Waals surface area contributed by atoms with Crippen LogP contribution in [0.3, 0.4) is 0 Å². The van der Waals surface area contributed by atoms with Crippen molar-refractivity contribution < 1.29 is 19.1 Å². The zero-order valence-corrected chi connectivity index (χ0v) is 7.36. The molecule has 0 aliphatic carbocycles. The van der Waals surface area contributed by atoms with Crippen LogP contribution in [0.5, 0.6) is 0 Å². The fourth-order valence-corrected chi connectivity index (χ4v) is 1.04. The van der Waals surface area contributed by atoms with Gasteiger partial charge in [0.05, 0.1) is 6.61 Å². The largest absolute Gasteiger partial charge is 0.464 e. The Hall–Kier alpha value is -1.59. The van der Waals surface area contributed by atoms with E-state index in [9.17, 15) is 14.4 Å². The van der Waals surface area contributed by atoms with Gasteiger partial charge in [-0.15, -0.1) is 0 Å². The summed E-state index contributed by atoms with van der Waals surface area (Å²) in [6.45, 7) is 1.82. The van der Waals surface area contributed by atoms with Crippen LogP contribution in [0.15, 0.2) is 0 Å². The topological polar surface area (TPSA) is 75.7 Å². The van der Waals surface area contributed by atoms with Gasteiger partial charge in [-0.2, -0.15) is 0 Å². The molecule has 0 aromatic heterocycles. The number of hydrogen-bond acceptors (Lipinski definition) is 4. The molecule has 1 atom stereocenters. The van der Waals surface area contributed by atoms with E-state index in [4.69, 9.17) is 0 Å². The van der Waals surface area contributed by atoms with Gasteiger partial charge in [0.25, 0.3) is 5.91 Å². The maximum Gasteiger partial charge on any atom is 0.338 e. The van der Waals surface area contributed by atoms with Crippen molar-refractivity contribution in [2.45, 2.75) is 13.0 Å². The van der Waals surface area contributed by atoms with Crippen LogP contribution in [0.1, 0.15) is 6.92 Å². The molecule has 6 heteroatoms. The Balaban J connectivity index is 2.74. The summed E-state index contributed by atoms with van der Waals surface area (Å²) in [6, 6.07) is -1.71. The number of carbonyl (C=O) groups is 3. The van der Waals surface area contributed by atoms with Crippen LogP contribution in [0.4, 0.5) is 4.79 Å². The van der Waals surface area contributed by atoms with Crippen molar-refractivity contribution in [2.75, 3.05) is 13.7 Å². The van der Waals surface area contributed by atoms with Gasteiger partial charge in [-0.1, -0.05) is 0 Å². The van der Waals surface area contributed by atoms with Crippen molar-refractivity contribution in [1.82, 2.24) is 10.2 Å². The third-order valence-electron chi connectivity index (χ3n) is 1.70. The zero-order chi connectivity index (χ0) is 10.0. The van der Waals surface area contributed by atoms with E-state index in [1.54, 1.807) is 6.92 Å². The molecule has 1 heterocycles. The molecular weight excluding hydrogens is 176 g/mol. The second-order valence-corrected chi connectivity index (χ2v) is 2.56. The van der Waals surface area contributed by atoms with E-state index >= 15 is 0 Å². The second kappa shape index (κ2) is 3.42. The number of likely N-dealkylation sites (N-methyl/N-ethyl adjacent to an activating group) is 1. The second-order valence-electron chi connectivity index (χ2n) is 2.56. The van der Waals surface area contributed by atoms with E-state index in [1.165, 1.54) is 7.05 Å². The fourth-order valence-electron chi connectivity index (χ4n) is 1.04. The quantitative estimate of drug-likeness (QED) is 0.344. The van der Waals surface area contributed by atoms with Crippen LogP contribution >= 0.6 is 0 Å². The highest BCUT2D eigenvalue weighted by Gasteiger charge is 2.42. The van der Waals surface area contributed by atoms with Gasteiger partial charge in [0.2, 0.25) is 6.04 Å². The predicted molar refractivity (Wildman–Crippen MR) is 41.7 cm³/mol. The number of urea groups is 1. The monoisotopic (exact) mass is 186 g/mol. The molecule has 0 unspecified atom stereocenters. The van der Waals surface area contributed by atoms with Crippen LogP contribution in [0.2, 0.25) is 0 Å². The number of rotatable bonds is 2. The Kier molecular flexibility index (Phi) is 2.50. The van der Waals surface area contributed by atoms with Crippen LogP contribution < -0.4 is 5.32 Å². The first-order chi connectivity index (χ1) is 6.07. The third-order valence-corrected chi connectivity index (χ3v) is 1.70. The molecule has 1 N–H and O–H groups in total. The Bertz CT molecular complexity index is 263. The number of imide groups is 1. The minimum atomic E-state index is -1.13. The van der Waals surface area contributed by atoms with Crippen LogP contribution in [-0.2, 0) is 14.3 Å². The van der Waals surface area contributed by atoms with Crippen molar-refractivity contribution in [3.8, 4) is 0 Å². The molecule has 6 nitrogen and oxygen atoms in total. The van der Waals surface area contributed by atoms with Crippen molar-refractivity contribution >= 4 is 17.9 Å². The molecule has 1 aliphatic rings. The van der Waals surface area contributed by atoms with E-state index in [-0.39, 0.29) is 6.61 Å². The van der Waals surface area contributed by atoms with Crippen LogP contribution in [-0.4, -0.2) is 42.5 Å². The highest BCUT2D eigenvalue weighted by molar-refractivity contribution is 6.14. The summed E-state index contributed by atoms with van der Waals surface area (Å²) in [7, 11) is 1.36. The molecule has 3 amide bonds. The number of amides is 3. The smallest absolute Gasteiger partial charge is 0.338 e. The highest BCUT2D eigenvalue weighted by atomic mass is 16.5. The van der Waals surface area contributed by atoms with Crippen molar-refractivity contribution in [3.05, 3.63) is 0 Å². The molecule has 1 aliphatic heterocycles. The molecule has 0 saturated carbocycles. The lowest BCUT2D eigenvalue weighted by atomic mass is 10.3. The average Bonchev–Trinajstić information content (AvgIpc) is 2.27. The fraction of sp³-hybridized carbons (Fsp3) is 0.571. The Morgan fingerprint density at radius 3 is 2.62 bits per heavy atom. The van der Waals surface area contributed by atoms with Gasteiger partial charge in [0, 0.05) is 7.05 Å². The minimum Gasteiger partial charge on any atom is -0.464 e. The lowest BCUT2D eigenvalue weighted by Crippen LogP contribution is -2.40. The summed E-state index contributed by atoms with van der Waals surface area (Å²) in [5, 5.41) is 2.00. The van der Waals surface area contributed by atoms with E-state index in [0.29, 0.717) is 0 Å². The van der Waals surface area contributed by atoms with Crippen LogP contribution in [0, 0.1) is 0 Å². The lowest BCUT2D eigenvalue weighted by molar-refractivity contribution is -0.150. The summed E-state index contributed by atoms with van der Waals surface area (Å²) in [4.78, 5) is 34.1. The first-order valence-corrected chi connectivity index (χ1v) is 3.82. The van der Waals surface area contributed by atoms with Gasteiger partial charge in [0.1, 0.15) is 0 Å². The number of ether oxygens (including phenoxy) is 1. The Morgan fingerprint density at radius 1 is 1.62 bits per heavy atom. The zero-order valence-electron chi connectivity index (χ0n) is 7.36. The van der Waals surface area contributed by atoms with Crippen molar-refractivity contribution in [1.29, 1.82) is 0 Å². The summed E-state index contributed by atoms with van der Waals surface area (Å²) >= 11 is 0. The molecule has 13 heavy (non-hydrogen) atoms. The van der Waals surface area contributed by atoms with Crippen LogP contribution in [0.25, 0.3) is 0 Å². The number of esters is 1. The predicted octanol–water partition coefficient (Wildman–Crippen LogP) is -0.900. The van der Waals surface area contributed by atoms with E-state index in [2.05, 4.69) is 4.74 Å². The number of nitrogens with zero attached hydrogens (tertiary/aromatic N) is 1. The van der Waals surface area contributed by atoms with Gasteiger partial charge in [-0.25, -0.2) is 9.59 Å². The molecule has 1 fully saturated rings. The Morgan fingerprint density at radius 2 is 2.23 bits per heavy atom.